The molecule has 0 amide bonds. The number of hydrogen-bond acceptors (Lipinski definition) is 1. The summed E-state index contributed by atoms with van der Waals surface area (Å²) in [6.07, 6.45) is 0. The van der Waals surface area contributed by atoms with Crippen LogP contribution in [0.15, 0.2) is 16.6 Å². The summed E-state index contributed by atoms with van der Waals surface area (Å²) in [4.78, 5) is 0. The molecular formula is C6H3BrClIO. The van der Waals surface area contributed by atoms with E-state index in [9.17, 15) is 0 Å². The van der Waals surface area contributed by atoms with Crippen molar-refractivity contribution in [1.29, 1.82) is 0 Å². The van der Waals surface area contributed by atoms with Gasteiger partial charge in [0.2, 0.25) is 0 Å². The van der Waals surface area contributed by atoms with Crippen LogP contribution in [0, 0.1) is 3.57 Å². The van der Waals surface area contributed by atoms with Crippen LogP contribution in [-0.2, 0) is 0 Å². The van der Waals surface area contributed by atoms with Gasteiger partial charge < -0.3 is 5.11 Å². The van der Waals surface area contributed by atoms with E-state index in [1.165, 1.54) is 0 Å². The zero-order valence-corrected chi connectivity index (χ0v) is 9.24. The van der Waals surface area contributed by atoms with E-state index < -0.39 is 0 Å². The molecule has 0 aromatic heterocycles. The Morgan fingerprint density at radius 2 is 2.10 bits per heavy atom. The third kappa shape index (κ3) is 1.77. The molecule has 0 spiro atoms. The normalized spacial score (nSPS) is 9.90. The number of hydrogen-bond donors (Lipinski definition) is 1. The third-order valence-corrected chi connectivity index (χ3v) is 3.58. The molecule has 0 atom stereocenters. The summed E-state index contributed by atoms with van der Waals surface area (Å²) in [6.45, 7) is 0. The molecule has 1 aromatic carbocycles. The van der Waals surface area contributed by atoms with E-state index in [0.29, 0.717) is 5.02 Å². The fourth-order valence-corrected chi connectivity index (χ4v) is 1.60. The topological polar surface area (TPSA) is 20.2 Å². The minimum absolute atomic E-state index is 0.120. The average molecular weight is 333 g/mol. The fraction of sp³-hybridized carbons (Fsp3) is 0. The molecule has 10 heavy (non-hydrogen) atoms. The minimum Gasteiger partial charge on any atom is -0.506 e. The molecule has 0 radical (unpaired) electrons. The summed E-state index contributed by atoms with van der Waals surface area (Å²) in [5.41, 5.74) is 0. The molecule has 1 rings (SSSR count). The Labute approximate surface area is 85.7 Å². The molecule has 1 N–H and O–H groups in total. The van der Waals surface area contributed by atoms with Crippen LogP contribution in [0.2, 0.25) is 5.02 Å². The van der Waals surface area contributed by atoms with Gasteiger partial charge in [-0.2, -0.15) is 0 Å². The highest BCUT2D eigenvalue weighted by Gasteiger charge is 2.01. The van der Waals surface area contributed by atoms with Crippen LogP contribution < -0.4 is 0 Å². The van der Waals surface area contributed by atoms with Gasteiger partial charge in [0.25, 0.3) is 0 Å². The highest BCUT2D eigenvalue weighted by Crippen LogP contribution is 2.30. The second kappa shape index (κ2) is 3.28. The first kappa shape index (κ1) is 8.62. The van der Waals surface area contributed by atoms with Gasteiger partial charge in [0.05, 0.1) is 5.02 Å². The zero-order valence-electron chi connectivity index (χ0n) is 4.74. The quantitative estimate of drug-likeness (QED) is 0.570. The van der Waals surface area contributed by atoms with Crippen molar-refractivity contribution in [2.45, 2.75) is 0 Å². The lowest BCUT2D eigenvalue weighted by molar-refractivity contribution is 0.475. The monoisotopic (exact) mass is 332 g/mol. The maximum Gasteiger partial charge on any atom is 0.135 e. The summed E-state index contributed by atoms with van der Waals surface area (Å²) < 4.78 is 1.84. The van der Waals surface area contributed by atoms with Crippen LogP contribution >= 0.6 is 50.1 Å². The summed E-state index contributed by atoms with van der Waals surface area (Å²) in [6, 6.07) is 3.27. The molecule has 0 unspecified atom stereocenters. The predicted octanol–water partition coefficient (Wildman–Crippen LogP) is 3.41. The van der Waals surface area contributed by atoms with Crippen LogP contribution in [-0.4, -0.2) is 5.11 Å². The molecule has 4 heteroatoms. The first-order valence-electron chi connectivity index (χ1n) is 2.45. The Kier molecular flexibility index (Phi) is 2.82. The molecule has 0 fully saturated rings. The van der Waals surface area contributed by atoms with E-state index in [2.05, 4.69) is 38.5 Å². The van der Waals surface area contributed by atoms with Crippen molar-refractivity contribution in [2.75, 3.05) is 0 Å². The fourth-order valence-electron chi connectivity index (χ4n) is 0.512. The number of rotatable bonds is 0. The van der Waals surface area contributed by atoms with Gasteiger partial charge >= 0.3 is 0 Å². The van der Waals surface area contributed by atoms with E-state index >= 15 is 0 Å². The maximum atomic E-state index is 9.07. The highest BCUT2D eigenvalue weighted by molar-refractivity contribution is 14.1. The number of benzene rings is 1. The van der Waals surface area contributed by atoms with Gasteiger partial charge in [-0.1, -0.05) is 11.6 Å². The second-order valence-electron chi connectivity index (χ2n) is 1.72. The first-order chi connectivity index (χ1) is 4.61. The number of phenolic OH excluding ortho intramolecular Hbond substituents is 1. The molecule has 0 heterocycles. The second-order valence-corrected chi connectivity index (χ2v) is 4.14. The molecule has 0 aliphatic carbocycles. The lowest BCUT2D eigenvalue weighted by Crippen LogP contribution is -1.74. The standard InChI is InChI=1S/C6H3BrClIO/c7-3-1-4(8)6(10)2-5(3)9/h1-2,10H. The summed E-state index contributed by atoms with van der Waals surface area (Å²) in [5.74, 6) is 0.120. The van der Waals surface area contributed by atoms with Crippen molar-refractivity contribution in [2.24, 2.45) is 0 Å². The molecule has 0 aliphatic rings. The van der Waals surface area contributed by atoms with Gasteiger partial charge in [0.15, 0.2) is 0 Å². The maximum absolute atomic E-state index is 9.07. The van der Waals surface area contributed by atoms with E-state index in [4.69, 9.17) is 16.7 Å². The van der Waals surface area contributed by atoms with Crippen LogP contribution in [0.25, 0.3) is 0 Å². The Morgan fingerprint density at radius 3 is 2.60 bits per heavy atom. The number of aromatic hydroxyl groups is 1. The van der Waals surface area contributed by atoms with Crippen LogP contribution in [0.4, 0.5) is 0 Å². The summed E-state index contributed by atoms with van der Waals surface area (Å²) >= 11 is 11.0. The van der Waals surface area contributed by atoms with Gasteiger partial charge in [-0.05, 0) is 50.7 Å². The van der Waals surface area contributed by atoms with Crippen LogP contribution in [0.1, 0.15) is 0 Å². The smallest absolute Gasteiger partial charge is 0.135 e. The lowest BCUT2D eigenvalue weighted by Gasteiger charge is -1.98. The largest absolute Gasteiger partial charge is 0.506 e. The minimum atomic E-state index is 0.120. The van der Waals surface area contributed by atoms with Crippen molar-refractivity contribution in [3.8, 4) is 5.75 Å². The Morgan fingerprint density at radius 1 is 1.50 bits per heavy atom. The van der Waals surface area contributed by atoms with Crippen LogP contribution in [0.3, 0.4) is 0 Å². The van der Waals surface area contributed by atoms with E-state index in [-0.39, 0.29) is 5.75 Å². The van der Waals surface area contributed by atoms with E-state index in [1.54, 1.807) is 12.1 Å². The Balaban J connectivity index is 3.28. The van der Waals surface area contributed by atoms with E-state index in [0.717, 1.165) is 8.04 Å². The summed E-state index contributed by atoms with van der Waals surface area (Å²) in [5, 5.41) is 9.43. The first-order valence-corrected chi connectivity index (χ1v) is 4.69. The van der Waals surface area contributed by atoms with Gasteiger partial charge in [-0.25, -0.2) is 0 Å². The molecule has 0 aliphatic heterocycles. The van der Waals surface area contributed by atoms with Gasteiger partial charge in [-0.3, -0.25) is 0 Å². The average Bonchev–Trinajstić information content (AvgIpc) is 1.84. The van der Waals surface area contributed by atoms with Crippen molar-refractivity contribution in [3.63, 3.8) is 0 Å². The molecule has 0 saturated carbocycles. The molecule has 1 aromatic rings. The van der Waals surface area contributed by atoms with E-state index in [1.807, 2.05) is 0 Å². The van der Waals surface area contributed by atoms with Crippen molar-refractivity contribution in [3.05, 3.63) is 25.2 Å². The lowest BCUT2D eigenvalue weighted by atomic mass is 10.3. The summed E-state index contributed by atoms with van der Waals surface area (Å²) in [7, 11) is 0. The number of halogens is 3. The SMILES string of the molecule is Oc1cc(I)c(Br)cc1Cl. The van der Waals surface area contributed by atoms with Gasteiger partial charge in [-0.15, -0.1) is 0 Å². The van der Waals surface area contributed by atoms with Gasteiger partial charge in [0.1, 0.15) is 5.75 Å². The molecule has 0 saturated heterocycles. The highest BCUT2D eigenvalue weighted by atomic mass is 127. The van der Waals surface area contributed by atoms with Gasteiger partial charge in [0, 0.05) is 8.04 Å². The van der Waals surface area contributed by atoms with Crippen molar-refractivity contribution < 1.29 is 5.11 Å². The molecule has 1 nitrogen and oxygen atoms in total. The van der Waals surface area contributed by atoms with Crippen molar-refractivity contribution >= 4 is 50.1 Å². The predicted molar refractivity (Wildman–Crippen MR) is 53.5 cm³/mol. The Bertz CT molecular complexity index is 214. The third-order valence-electron chi connectivity index (χ3n) is 0.990. The zero-order chi connectivity index (χ0) is 7.72. The molecule has 0 bridgehead atoms. The Hall–Kier alpha value is 0.520. The van der Waals surface area contributed by atoms with Crippen molar-refractivity contribution in [1.82, 2.24) is 0 Å². The molecular weight excluding hydrogens is 330 g/mol. The van der Waals surface area contributed by atoms with Crippen LogP contribution in [0.5, 0.6) is 5.75 Å². The number of phenols is 1. The molecule has 54 valence electrons.